The molecule has 1 saturated heterocycles. The van der Waals surface area contributed by atoms with Crippen LogP contribution in [0.4, 0.5) is 0 Å². The first-order chi connectivity index (χ1) is 15.9. The van der Waals surface area contributed by atoms with E-state index in [1.54, 1.807) is 0 Å². The summed E-state index contributed by atoms with van der Waals surface area (Å²) < 4.78 is 10.4. The number of rotatable bonds is 15. The van der Waals surface area contributed by atoms with Crippen LogP contribution >= 0.6 is 0 Å². The van der Waals surface area contributed by atoms with Crippen LogP contribution in [0.3, 0.4) is 0 Å². The van der Waals surface area contributed by atoms with Crippen LogP contribution in [0.25, 0.3) is 0 Å². The van der Waals surface area contributed by atoms with E-state index in [4.69, 9.17) is 9.47 Å². The lowest BCUT2D eigenvalue weighted by atomic mass is 9.98. The van der Waals surface area contributed by atoms with Gasteiger partial charge in [-0.25, -0.2) is 0 Å². The van der Waals surface area contributed by atoms with E-state index < -0.39 is 83.3 Å². The van der Waals surface area contributed by atoms with E-state index in [-0.39, 0.29) is 12.5 Å². The van der Waals surface area contributed by atoms with Gasteiger partial charge in [0.05, 0.1) is 13.2 Å². The molecule has 0 aromatic heterocycles. The predicted molar refractivity (Wildman–Crippen MR) is 119 cm³/mol. The summed E-state index contributed by atoms with van der Waals surface area (Å²) >= 11 is 0. The molecule has 34 heavy (non-hydrogen) atoms. The van der Waals surface area contributed by atoms with Gasteiger partial charge in [0.25, 0.3) is 5.91 Å². The Labute approximate surface area is 199 Å². The van der Waals surface area contributed by atoms with Crippen molar-refractivity contribution < 1.29 is 59.9 Å². The molecule has 0 radical (unpaired) electrons. The zero-order valence-electron chi connectivity index (χ0n) is 19.3. The van der Waals surface area contributed by atoms with E-state index in [9.17, 15) is 50.4 Å². The van der Waals surface area contributed by atoms with Crippen molar-refractivity contribution in [2.24, 2.45) is 5.92 Å². The first-order valence-corrected chi connectivity index (χ1v) is 13.7. The highest BCUT2D eigenvalue weighted by molar-refractivity contribution is 6.48. The standard InChI is InChI=1S/C19H40N2O12Si/c1-9(8-34(2)31)5-20-3-4-21-18(30)15(28)14(27)17(10(24)6-22)33-19-16(29)13(26)12(25)11(7-23)32-19/h9-17,19-20,22-29,31,34H,3-8H2,1-2H3,(H,21,30). The molecule has 1 aliphatic rings. The molecule has 0 aliphatic carbocycles. The third kappa shape index (κ3) is 9.34. The zero-order valence-corrected chi connectivity index (χ0v) is 20.5. The van der Waals surface area contributed by atoms with Crippen LogP contribution in [0.1, 0.15) is 6.92 Å². The maximum atomic E-state index is 12.2. The fourth-order valence-electron chi connectivity index (χ4n) is 3.56. The molecule has 202 valence electrons. The molecule has 1 aliphatic heterocycles. The third-order valence-electron chi connectivity index (χ3n) is 5.47. The summed E-state index contributed by atoms with van der Waals surface area (Å²) in [7, 11) is -1.66. The average molecular weight is 517 g/mol. The van der Waals surface area contributed by atoms with Crippen molar-refractivity contribution in [2.45, 2.75) is 74.6 Å². The minimum Gasteiger partial charge on any atom is -0.435 e. The maximum absolute atomic E-state index is 12.2. The molecule has 1 amide bonds. The molecule has 1 fully saturated rings. The Morgan fingerprint density at radius 2 is 1.74 bits per heavy atom. The van der Waals surface area contributed by atoms with Gasteiger partial charge in [-0.05, 0) is 25.1 Å². The minimum atomic E-state index is -2.10. The number of hydrogen-bond donors (Lipinski definition) is 11. The van der Waals surface area contributed by atoms with Crippen LogP contribution in [-0.2, 0) is 14.3 Å². The molecule has 11 unspecified atom stereocenters. The SMILES string of the molecule is CC(CNCCNC(=O)C(O)C(O)C(OC1OC(CO)C(O)C(O)C1O)C(O)CO)C[SiH](C)O. The Hall–Kier alpha value is -0.793. The van der Waals surface area contributed by atoms with Crippen molar-refractivity contribution in [3.8, 4) is 0 Å². The van der Waals surface area contributed by atoms with E-state index in [1.165, 1.54) is 0 Å². The van der Waals surface area contributed by atoms with Crippen LogP contribution in [0.2, 0.25) is 12.6 Å². The molecule has 15 heteroatoms. The number of carbonyl (C=O) groups excluding carboxylic acids is 1. The van der Waals surface area contributed by atoms with E-state index in [0.717, 1.165) is 6.04 Å². The van der Waals surface area contributed by atoms with Gasteiger partial charge in [-0.3, -0.25) is 4.79 Å². The quantitative estimate of drug-likeness (QED) is 0.0718. The van der Waals surface area contributed by atoms with Crippen LogP contribution in [0.15, 0.2) is 0 Å². The Bertz CT molecular complexity index is 589. The van der Waals surface area contributed by atoms with Gasteiger partial charge >= 0.3 is 0 Å². The van der Waals surface area contributed by atoms with E-state index >= 15 is 0 Å². The van der Waals surface area contributed by atoms with Crippen LogP contribution < -0.4 is 10.6 Å². The molecule has 1 heterocycles. The molecule has 11 atom stereocenters. The zero-order chi connectivity index (χ0) is 26.0. The monoisotopic (exact) mass is 516 g/mol. The van der Waals surface area contributed by atoms with Crippen molar-refractivity contribution in [2.75, 3.05) is 32.8 Å². The van der Waals surface area contributed by atoms with Crippen molar-refractivity contribution >= 4 is 14.9 Å². The van der Waals surface area contributed by atoms with Crippen molar-refractivity contribution in [1.29, 1.82) is 0 Å². The lowest BCUT2D eigenvalue weighted by Gasteiger charge is -2.42. The molecule has 14 nitrogen and oxygen atoms in total. The second-order valence-electron chi connectivity index (χ2n) is 8.67. The highest BCUT2D eigenvalue weighted by Crippen LogP contribution is 2.25. The van der Waals surface area contributed by atoms with Crippen LogP contribution in [-0.4, -0.2) is 149 Å². The van der Waals surface area contributed by atoms with Crippen LogP contribution in [0.5, 0.6) is 0 Å². The Morgan fingerprint density at radius 1 is 1.09 bits per heavy atom. The number of amides is 1. The molecule has 1 rings (SSSR count). The average Bonchev–Trinajstić information content (AvgIpc) is 2.79. The predicted octanol–water partition coefficient (Wildman–Crippen LogP) is -6.07. The fourth-order valence-corrected chi connectivity index (χ4v) is 4.90. The molecule has 0 spiro atoms. The molecule has 11 N–H and O–H groups in total. The van der Waals surface area contributed by atoms with Gasteiger partial charge in [0, 0.05) is 13.1 Å². The summed E-state index contributed by atoms with van der Waals surface area (Å²) in [5, 5.41) is 84.5. The molecule has 0 aromatic carbocycles. The van der Waals surface area contributed by atoms with Gasteiger partial charge in [0.1, 0.15) is 42.7 Å². The lowest BCUT2D eigenvalue weighted by Crippen LogP contribution is -2.62. The molecular weight excluding hydrogens is 476 g/mol. The van der Waals surface area contributed by atoms with Gasteiger partial charge in [-0.1, -0.05) is 6.92 Å². The van der Waals surface area contributed by atoms with Crippen molar-refractivity contribution in [3.63, 3.8) is 0 Å². The normalized spacial score (nSPS) is 30.7. The minimum absolute atomic E-state index is 0.0994. The third-order valence-corrected chi connectivity index (χ3v) is 6.96. The van der Waals surface area contributed by atoms with Gasteiger partial charge in [-0.15, -0.1) is 0 Å². The summed E-state index contributed by atoms with van der Waals surface area (Å²) in [4.78, 5) is 21.7. The van der Waals surface area contributed by atoms with Crippen molar-refractivity contribution in [1.82, 2.24) is 10.6 Å². The Balaban J connectivity index is 2.66. The number of carbonyl (C=O) groups is 1. The molecule has 0 saturated carbocycles. The number of aliphatic hydroxyl groups is 8. The summed E-state index contributed by atoms with van der Waals surface area (Å²) in [6.07, 6.45) is -16.3. The lowest BCUT2D eigenvalue weighted by molar-refractivity contribution is -0.326. The summed E-state index contributed by atoms with van der Waals surface area (Å²) in [6, 6.07) is 0.743. The number of aliphatic hydroxyl groups excluding tert-OH is 8. The second kappa shape index (κ2) is 15.3. The summed E-state index contributed by atoms with van der Waals surface area (Å²) in [5.41, 5.74) is 0. The Kier molecular flexibility index (Phi) is 14.1. The number of ether oxygens (including phenoxy) is 2. The topological polar surface area (TPSA) is 242 Å². The summed E-state index contributed by atoms with van der Waals surface area (Å²) in [5.74, 6) is -0.735. The first kappa shape index (κ1) is 31.2. The van der Waals surface area contributed by atoms with Gasteiger partial charge in [-0.2, -0.15) is 0 Å². The molecule has 0 bridgehead atoms. The maximum Gasteiger partial charge on any atom is 0.251 e. The molecule has 0 aromatic rings. The smallest absolute Gasteiger partial charge is 0.251 e. The number of hydrogen-bond acceptors (Lipinski definition) is 13. The van der Waals surface area contributed by atoms with Crippen molar-refractivity contribution in [3.05, 3.63) is 0 Å². The molecular formula is C19H40N2O12Si. The highest BCUT2D eigenvalue weighted by Gasteiger charge is 2.47. The highest BCUT2D eigenvalue weighted by atomic mass is 28.3. The van der Waals surface area contributed by atoms with E-state index in [2.05, 4.69) is 10.6 Å². The largest absolute Gasteiger partial charge is 0.435 e. The van der Waals surface area contributed by atoms with Gasteiger partial charge < -0.3 is 65.8 Å². The van der Waals surface area contributed by atoms with E-state index in [0.29, 0.717) is 13.1 Å². The Morgan fingerprint density at radius 3 is 2.29 bits per heavy atom. The van der Waals surface area contributed by atoms with Gasteiger partial charge in [0.15, 0.2) is 21.4 Å². The first-order valence-electron chi connectivity index (χ1n) is 11.2. The second-order valence-corrected chi connectivity index (χ2v) is 10.8. The fraction of sp³-hybridized carbons (Fsp3) is 0.947. The van der Waals surface area contributed by atoms with Gasteiger partial charge in [0.2, 0.25) is 0 Å². The van der Waals surface area contributed by atoms with E-state index in [1.807, 2.05) is 13.5 Å². The van der Waals surface area contributed by atoms with Crippen LogP contribution in [0, 0.1) is 5.92 Å². The number of nitrogens with one attached hydrogen (secondary N) is 2. The summed E-state index contributed by atoms with van der Waals surface area (Å²) in [6.45, 7) is 3.17.